The minimum absolute atomic E-state index is 0.00156. The van der Waals surface area contributed by atoms with Crippen LogP contribution in [-0.4, -0.2) is 37.5 Å². The van der Waals surface area contributed by atoms with Crippen molar-refractivity contribution in [2.45, 2.75) is 90.9 Å². The molecule has 174 valence electrons. The number of aliphatic carboxylic acids is 2. The number of hydrogen-bond acceptors (Lipinski definition) is 5. The summed E-state index contributed by atoms with van der Waals surface area (Å²) in [6.07, 6.45) is 8.22. The maximum absolute atomic E-state index is 11.3. The molecule has 2 rings (SSSR count). The van der Waals surface area contributed by atoms with Crippen LogP contribution >= 0.6 is 0 Å². The average Bonchev–Trinajstić information content (AvgIpc) is 3.48. The van der Waals surface area contributed by atoms with Crippen molar-refractivity contribution in [3.05, 3.63) is 17.2 Å². The van der Waals surface area contributed by atoms with Gasteiger partial charge in [-0.25, -0.2) is 0 Å². The van der Waals surface area contributed by atoms with E-state index in [1.807, 2.05) is 0 Å². The van der Waals surface area contributed by atoms with Crippen LogP contribution in [0.5, 0.6) is 17.2 Å². The van der Waals surface area contributed by atoms with Gasteiger partial charge in [-0.05, 0) is 76.8 Å². The normalized spacial score (nSPS) is 15.0. The van der Waals surface area contributed by atoms with Crippen LogP contribution in [0.1, 0.15) is 89.2 Å². The third-order valence-corrected chi connectivity index (χ3v) is 6.65. The Bertz CT molecular complexity index is 794. The lowest BCUT2D eigenvalue weighted by Gasteiger charge is -2.18. The summed E-state index contributed by atoms with van der Waals surface area (Å²) in [6.45, 7) is 3.44. The molecule has 1 aromatic carbocycles. The van der Waals surface area contributed by atoms with Gasteiger partial charge >= 0.3 is 11.9 Å². The van der Waals surface area contributed by atoms with Gasteiger partial charge in [0.25, 0.3) is 0 Å². The number of aromatic hydroxyl groups is 3. The lowest BCUT2D eigenvalue weighted by atomic mass is 9.87. The quantitative estimate of drug-likeness (QED) is 0.158. The van der Waals surface area contributed by atoms with Crippen molar-refractivity contribution in [2.75, 3.05) is 0 Å². The fourth-order valence-corrected chi connectivity index (χ4v) is 4.02. The lowest BCUT2D eigenvalue weighted by Crippen LogP contribution is -2.23. The van der Waals surface area contributed by atoms with Crippen LogP contribution in [0.2, 0.25) is 0 Å². The Morgan fingerprint density at radius 2 is 1.52 bits per heavy atom. The van der Waals surface area contributed by atoms with Crippen LogP contribution in [0, 0.1) is 10.8 Å². The highest BCUT2D eigenvalue weighted by Gasteiger charge is 2.49. The Morgan fingerprint density at radius 1 is 0.903 bits per heavy atom. The second kappa shape index (κ2) is 10.2. The Labute approximate surface area is 183 Å². The molecule has 7 nitrogen and oxygen atoms in total. The molecule has 0 amide bonds. The number of carbonyl (C=O) groups is 2. The van der Waals surface area contributed by atoms with E-state index in [2.05, 4.69) is 0 Å². The van der Waals surface area contributed by atoms with E-state index in [0.29, 0.717) is 62.5 Å². The summed E-state index contributed by atoms with van der Waals surface area (Å²) in [5, 5.41) is 49.2. The van der Waals surface area contributed by atoms with E-state index in [-0.39, 0.29) is 17.2 Å². The first-order valence-electron chi connectivity index (χ1n) is 11.2. The number of unbranched alkanes of at least 4 members (excludes halogenated alkanes) is 4. The average molecular weight is 437 g/mol. The summed E-state index contributed by atoms with van der Waals surface area (Å²) in [5.41, 5.74) is -0.397. The van der Waals surface area contributed by atoms with Crippen LogP contribution in [0.15, 0.2) is 6.07 Å². The SMILES string of the molecule is CC(C)(CCCCCCc1cc(O)c(O)c(CCCCC2(C(=O)O)CC2)c1O)C(=O)O. The van der Waals surface area contributed by atoms with Crippen molar-refractivity contribution in [1.29, 1.82) is 0 Å². The van der Waals surface area contributed by atoms with Crippen molar-refractivity contribution in [1.82, 2.24) is 0 Å². The predicted molar refractivity (Wildman–Crippen MR) is 117 cm³/mol. The molecule has 0 atom stereocenters. The van der Waals surface area contributed by atoms with E-state index in [1.54, 1.807) is 13.8 Å². The monoisotopic (exact) mass is 436 g/mol. The molecule has 0 saturated heterocycles. The van der Waals surface area contributed by atoms with Crippen molar-refractivity contribution >= 4 is 11.9 Å². The Morgan fingerprint density at radius 3 is 2.10 bits per heavy atom. The molecule has 0 aliphatic heterocycles. The van der Waals surface area contributed by atoms with Crippen LogP contribution in [0.25, 0.3) is 0 Å². The molecule has 1 saturated carbocycles. The van der Waals surface area contributed by atoms with Gasteiger partial charge < -0.3 is 25.5 Å². The van der Waals surface area contributed by atoms with Crippen molar-refractivity contribution in [2.24, 2.45) is 10.8 Å². The van der Waals surface area contributed by atoms with Gasteiger partial charge in [0.15, 0.2) is 11.5 Å². The topological polar surface area (TPSA) is 135 Å². The highest BCUT2D eigenvalue weighted by Crippen LogP contribution is 2.50. The van der Waals surface area contributed by atoms with Gasteiger partial charge in [-0.15, -0.1) is 0 Å². The zero-order valence-corrected chi connectivity index (χ0v) is 18.6. The molecule has 0 unspecified atom stereocenters. The Hall–Kier alpha value is -2.44. The summed E-state index contributed by atoms with van der Waals surface area (Å²) in [6, 6.07) is 1.39. The number of benzene rings is 1. The second-order valence-electron chi connectivity index (χ2n) is 9.63. The van der Waals surface area contributed by atoms with E-state index >= 15 is 0 Å². The maximum atomic E-state index is 11.3. The largest absolute Gasteiger partial charge is 0.507 e. The molecular weight excluding hydrogens is 400 g/mol. The second-order valence-corrected chi connectivity index (χ2v) is 9.63. The highest BCUT2D eigenvalue weighted by molar-refractivity contribution is 5.77. The fourth-order valence-electron chi connectivity index (χ4n) is 4.02. The summed E-state index contributed by atoms with van der Waals surface area (Å²) in [4.78, 5) is 22.4. The van der Waals surface area contributed by atoms with Gasteiger partial charge in [0.05, 0.1) is 10.8 Å². The number of aryl methyl sites for hydroxylation is 1. The minimum atomic E-state index is -0.792. The summed E-state index contributed by atoms with van der Waals surface area (Å²) in [5.74, 6) is -2.10. The number of carboxylic acid groups (broad SMARTS) is 2. The molecule has 0 heterocycles. The Kier molecular flexibility index (Phi) is 8.21. The zero-order valence-electron chi connectivity index (χ0n) is 18.6. The predicted octanol–water partition coefficient (Wildman–Crippen LogP) is 4.98. The highest BCUT2D eigenvalue weighted by atomic mass is 16.4. The summed E-state index contributed by atoms with van der Waals surface area (Å²) < 4.78 is 0. The van der Waals surface area contributed by atoms with Crippen molar-refractivity contribution < 1.29 is 35.1 Å². The van der Waals surface area contributed by atoms with E-state index in [1.165, 1.54) is 6.07 Å². The molecule has 0 aromatic heterocycles. The van der Waals surface area contributed by atoms with Gasteiger partial charge in [0.2, 0.25) is 0 Å². The van der Waals surface area contributed by atoms with Crippen LogP contribution < -0.4 is 0 Å². The molecule has 1 aromatic rings. The number of phenols is 3. The summed E-state index contributed by atoms with van der Waals surface area (Å²) in [7, 11) is 0. The van der Waals surface area contributed by atoms with Crippen LogP contribution in [-0.2, 0) is 22.4 Å². The number of hydrogen-bond donors (Lipinski definition) is 5. The molecule has 5 N–H and O–H groups in total. The molecule has 0 radical (unpaired) electrons. The number of carboxylic acids is 2. The van der Waals surface area contributed by atoms with Crippen molar-refractivity contribution in [3.8, 4) is 17.2 Å². The first-order chi connectivity index (χ1) is 14.5. The zero-order chi connectivity index (χ0) is 23.2. The Balaban J connectivity index is 1.82. The van der Waals surface area contributed by atoms with E-state index in [9.17, 15) is 30.0 Å². The van der Waals surface area contributed by atoms with Crippen LogP contribution in [0.3, 0.4) is 0 Å². The van der Waals surface area contributed by atoms with Crippen LogP contribution in [0.4, 0.5) is 0 Å². The van der Waals surface area contributed by atoms with Gasteiger partial charge in [-0.1, -0.05) is 25.7 Å². The van der Waals surface area contributed by atoms with Gasteiger partial charge in [-0.2, -0.15) is 0 Å². The van der Waals surface area contributed by atoms with Gasteiger partial charge in [0.1, 0.15) is 5.75 Å². The number of phenolic OH excluding ortho intramolecular Hbond substituents is 3. The number of rotatable bonds is 14. The first-order valence-corrected chi connectivity index (χ1v) is 11.2. The van der Waals surface area contributed by atoms with E-state index < -0.39 is 22.8 Å². The molecule has 0 spiro atoms. The maximum Gasteiger partial charge on any atom is 0.309 e. The van der Waals surface area contributed by atoms with Gasteiger partial charge in [0, 0.05) is 5.56 Å². The lowest BCUT2D eigenvalue weighted by molar-refractivity contribution is -0.147. The van der Waals surface area contributed by atoms with Gasteiger partial charge in [-0.3, -0.25) is 9.59 Å². The smallest absolute Gasteiger partial charge is 0.309 e. The molecule has 1 aliphatic carbocycles. The molecule has 7 heteroatoms. The third-order valence-electron chi connectivity index (χ3n) is 6.65. The molecule has 31 heavy (non-hydrogen) atoms. The third kappa shape index (κ3) is 6.52. The molecule has 1 aliphatic rings. The standard InChI is InChI=1S/C24H36O7/c1-23(2,21(28)29)11-7-4-3-5-9-16-15-18(25)20(27)17(19(16)26)10-6-8-12-24(13-14-24)22(30)31/h15,25-27H,3-14H2,1-2H3,(H,28,29)(H,30,31). The summed E-state index contributed by atoms with van der Waals surface area (Å²) >= 11 is 0. The molecular formula is C24H36O7. The fraction of sp³-hybridized carbons (Fsp3) is 0.667. The first kappa shape index (κ1) is 24.8. The molecule has 0 bridgehead atoms. The minimum Gasteiger partial charge on any atom is -0.507 e. The van der Waals surface area contributed by atoms with E-state index in [4.69, 9.17) is 5.11 Å². The molecule has 1 fully saturated rings. The van der Waals surface area contributed by atoms with Crippen molar-refractivity contribution in [3.63, 3.8) is 0 Å². The van der Waals surface area contributed by atoms with E-state index in [0.717, 1.165) is 25.7 Å².